The first kappa shape index (κ1) is 12.3. The zero-order chi connectivity index (χ0) is 11.4. The van der Waals surface area contributed by atoms with Gasteiger partial charge in [0.1, 0.15) is 5.75 Å². The average molecular weight is 230 g/mol. The molecule has 0 spiro atoms. The van der Waals surface area contributed by atoms with E-state index in [1.807, 2.05) is 6.92 Å². The summed E-state index contributed by atoms with van der Waals surface area (Å²) in [5.74, 6) is -0.0400. The van der Waals surface area contributed by atoms with Gasteiger partial charge < -0.3 is 15.9 Å². The van der Waals surface area contributed by atoms with Crippen LogP contribution in [0.15, 0.2) is 18.2 Å². The van der Waals surface area contributed by atoms with Gasteiger partial charge in [0.15, 0.2) is 0 Å². The minimum Gasteiger partial charge on any atom is -0.506 e. The Morgan fingerprint density at radius 2 is 2.13 bits per heavy atom. The van der Waals surface area contributed by atoms with E-state index < -0.39 is 12.1 Å². The van der Waals surface area contributed by atoms with Crippen molar-refractivity contribution < 1.29 is 10.2 Å². The number of para-hydroxylation sites is 1. The van der Waals surface area contributed by atoms with Gasteiger partial charge in [-0.3, -0.25) is 0 Å². The van der Waals surface area contributed by atoms with Crippen LogP contribution in [-0.4, -0.2) is 16.3 Å². The Balaban J connectivity index is 2.90. The minimum atomic E-state index is -0.653. The Hall–Kier alpha value is -0.770. The average Bonchev–Trinajstić information content (AvgIpc) is 2.21. The normalized spacial score (nSPS) is 14.9. The van der Waals surface area contributed by atoms with Gasteiger partial charge in [0.25, 0.3) is 0 Å². The summed E-state index contributed by atoms with van der Waals surface area (Å²) in [5.41, 5.74) is 6.31. The summed E-state index contributed by atoms with van der Waals surface area (Å²) in [7, 11) is 0. The highest BCUT2D eigenvalue weighted by Gasteiger charge is 2.19. The number of phenols is 1. The third-order valence-corrected chi connectivity index (χ3v) is 2.68. The maximum Gasteiger partial charge on any atom is 0.139 e. The van der Waals surface area contributed by atoms with Crippen LogP contribution in [0.5, 0.6) is 5.75 Å². The summed E-state index contributed by atoms with van der Waals surface area (Å²) in [5, 5.41) is 19.6. The van der Waals surface area contributed by atoms with Crippen LogP contribution in [0.3, 0.4) is 0 Å². The maximum absolute atomic E-state index is 9.71. The van der Waals surface area contributed by atoms with Crippen molar-refractivity contribution in [2.45, 2.75) is 31.9 Å². The fourth-order valence-electron chi connectivity index (χ4n) is 1.48. The molecule has 1 aromatic rings. The van der Waals surface area contributed by atoms with Gasteiger partial charge in [0.2, 0.25) is 0 Å². The van der Waals surface area contributed by atoms with Gasteiger partial charge in [-0.1, -0.05) is 37.1 Å². The highest BCUT2D eigenvalue weighted by molar-refractivity contribution is 6.32. The Labute approximate surface area is 94.5 Å². The summed E-state index contributed by atoms with van der Waals surface area (Å²) in [4.78, 5) is 0. The Bertz CT molecular complexity index is 330. The topological polar surface area (TPSA) is 66.5 Å². The van der Waals surface area contributed by atoms with Gasteiger partial charge in [0, 0.05) is 5.56 Å². The van der Waals surface area contributed by atoms with Crippen molar-refractivity contribution in [2.24, 2.45) is 5.73 Å². The first-order chi connectivity index (χ1) is 7.07. The molecule has 0 heterocycles. The van der Waals surface area contributed by atoms with Gasteiger partial charge in [-0.2, -0.15) is 0 Å². The van der Waals surface area contributed by atoms with Crippen molar-refractivity contribution in [3.63, 3.8) is 0 Å². The predicted molar refractivity (Wildman–Crippen MR) is 61.0 cm³/mol. The number of rotatable bonds is 4. The third-order valence-electron chi connectivity index (χ3n) is 2.38. The lowest BCUT2D eigenvalue weighted by molar-refractivity contribution is 0.133. The molecule has 1 rings (SSSR count). The van der Waals surface area contributed by atoms with E-state index in [2.05, 4.69) is 0 Å². The monoisotopic (exact) mass is 229 g/mol. The summed E-state index contributed by atoms with van der Waals surface area (Å²) in [6.45, 7) is 1.97. The molecule has 3 nitrogen and oxygen atoms in total. The van der Waals surface area contributed by atoms with E-state index in [9.17, 15) is 10.2 Å². The number of aliphatic hydroxyl groups is 1. The number of aromatic hydroxyl groups is 1. The van der Waals surface area contributed by atoms with Crippen molar-refractivity contribution in [2.75, 3.05) is 0 Å². The van der Waals surface area contributed by atoms with Crippen LogP contribution in [0.1, 0.15) is 31.4 Å². The fraction of sp³-hybridized carbons (Fsp3) is 0.455. The molecule has 1 aromatic carbocycles. The molecule has 0 saturated heterocycles. The number of hydrogen-bond donors (Lipinski definition) is 3. The van der Waals surface area contributed by atoms with Gasteiger partial charge >= 0.3 is 0 Å². The smallest absolute Gasteiger partial charge is 0.139 e. The van der Waals surface area contributed by atoms with E-state index in [1.54, 1.807) is 18.2 Å². The van der Waals surface area contributed by atoms with Crippen LogP contribution >= 0.6 is 11.6 Å². The number of aliphatic hydroxyl groups excluding tert-OH is 1. The SMILES string of the molecule is CCC[C@@H](O)[C@@H](N)c1cccc(Cl)c1O. The molecule has 0 bridgehead atoms. The molecule has 4 heteroatoms. The highest BCUT2D eigenvalue weighted by Crippen LogP contribution is 2.32. The lowest BCUT2D eigenvalue weighted by Crippen LogP contribution is -2.26. The molecule has 0 aliphatic carbocycles. The van der Waals surface area contributed by atoms with E-state index in [4.69, 9.17) is 17.3 Å². The molecule has 0 aromatic heterocycles. The largest absolute Gasteiger partial charge is 0.506 e. The van der Waals surface area contributed by atoms with Crippen LogP contribution in [0.4, 0.5) is 0 Å². The van der Waals surface area contributed by atoms with Gasteiger partial charge in [0.05, 0.1) is 17.2 Å². The van der Waals surface area contributed by atoms with Crippen LogP contribution in [0.2, 0.25) is 5.02 Å². The first-order valence-corrected chi connectivity index (χ1v) is 5.36. The molecular weight excluding hydrogens is 214 g/mol. The predicted octanol–water partition coefficient (Wildman–Crippen LogP) is 2.21. The summed E-state index contributed by atoms with van der Waals surface area (Å²) in [6.07, 6.45) is 0.794. The number of benzene rings is 1. The molecule has 0 amide bonds. The quantitative estimate of drug-likeness (QED) is 0.742. The van der Waals surface area contributed by atoms with Crippen molar-refractivity contribution in [1.29, 1.82) is 0 Å². The van der Waals surface area contributed by atoms with Crippen LogP contribution in [0, 0.1) is 0 Å². The summed E-state index contributed by atoms with van der Waals surface area (Å²) < 4.78 is 0. The fourth-order valence-corrected chi connectivity index (χ4v) is 1.67. The van der Waals surface area contributed by atoms with Crippen LogP contribution in [0.25, 0.3) is 0 Å². The van der Waals surface area contributed by atoms with Crippen molar-refractivity contribution in [3.8, 4) is 5.75 Å². The summed E-state index contributed by atoms with van der Waals surface area (Å²) >= 11 is 5.75. The molecule has 84 valence electrons. The molecular formula is C11H16ClNO2. The minimum absolute atomic E-state index is 0.0400. The van der Waals surface area contributed by atoms with Crippen molar-refractivity contribution in [3.05, 3.63) is 28.8 Å². The maximum atomic E-state index is 9.71. The molecule has 4 N–H and O–H groups in total. The van der Waals surface area contributed by atoms with Gasteiger partial charge in [-0.25, -0.2) is 0 Å². The lowest BCUT2D eigenvalue weighted by Gasteiger charge is -2.19. The number of nitrogens with two attached hydrogens (primary N) is 1. The molecule has 0 saturated carbocycles. The molecule has 0 radical (unpaired) electrons. The highest BCUT2D eigenvalue weighted by atomic mass is 35.5. The molecule has 0 unspecified atom stereocenters. The second-order valence-electron chi connectivity index (χ2n) is 3.56. The summed E-state index contributed by atoms with van der Waals surface area (Å²) in [6, 6.07) is 4.36. The molecule has 15 heavy (non-hydrogen) atoms. The standard InChI is InChI=1S/C11H16ClNO2/c1-2-4-9(14)10(13)7-5-3-6-8(12)11(7)15/h3,5-6,9-10,14-15H,2,4,13H2,1H3/t9-,10+/m1/s1. The van der Waals surface area contributed by atoms with E-state index in [1.165, 1.54) is 0 Å². The Morgan fingerprint density at radius 1 is 1.47 bits per heavy atom. The van der Waals surface area contributed by atoms with E-state index in [0.717, 1.165) is 6.42 Å². The van der Waals surface area contributed by atoms with Crippen molar-refractivity contribution in [1.82, 2.24) is 0 Å². The van der Waals surface area contributed by atoms with E-state index >= 15 is 0 Å². The van der Waals surface area contributed by atoms with Crippen LogP contribution < -0.4 is 5.73 Å². The Morgan fingerprint density at radius 3 is 2.73 bits per heavy atom. The first-order valence-electron chi connectivity index (χ1n) is 4.99. The molecule has 0 aliphatic rings. The lowest BCUT2D eigenvalue weighted by atomic mass is 9.98. The van der Waals surface area contributed by atoms with Gasteiger partial charge in [-0.05, 0) is 12.5 Å². The van der Waals surface area contributed by atoms with E-state index in [0.29, 0.717) is 12.0 Å². The molecule has 2 atom stereocenters. The number of hydrogen-bond acceptors (Lipinski definition) is 3. The third kappa shape index (κ3) is 2.84. The molecule has 0 fully saturated rings. The van der Waals surface area contributed by atoms with Crippen molar-refractivity contribution >= 4 is 11.6 Å². The second-order valence-corrected chi connectivity index (χ2v) is 3.97. The van der Waals surface area contributed by atoms with Crippen LogP contribution in [-0.2, 0) is 0 Å². The second kappa shape index (κ2) is 5.35. The Kier molecular flexibility index (Phi) is 4.39. The zero-order valence-corrected chi connectivity index (χ0v) is 9.41. The molecule has 0 aliphatic heterocycles. The number of phenolic OH excluding ortho intramolecular Hbond substituents is 1. The van der Waals surface area contributed by atoms with Gasteiger partial charge in [-0.15, -0.1) is 0 Å². The van der Waals surface area contributed by atoms with E-state index in [-0.39, 0.29) is 10.8 Å². The zero-order valence-electron chi connectivity index (χ0n) is 8.65. The number of halogens is 1.